The van der Waals surface area contributed by atoms with E-state index in [1.807, 2.05) is 0 Å². The number of rotatable bonds is 3. The molecule has 1 fully saturated rings. The van der Waals surface area contributed by atoms with Gasteiger partial charge in [-0.05, 0) is 24.3 Å². The molecule has 0 bridgehead atoms. The summed E-state index contributed by atoms with van der Waals surface area (Å²) in [6, 6.07) is 4.40. The van der Waals surface area contributed by atoms with Gasteiger partial charge < -0.3 is 14.7 Å². The highest BCUT2D eigenvalue weighted by atomic mass is 19.1. The zero-order valence-electron chi connectivity index (χ0n) is 11.9. The van der Waals surface area contributed by atoms with Crippen molar-refractivity contribution in [1.82, 2.24) is 19.9 Å². The number of carbonyl (C=O) groups is 2. The Morgan fingerprint density at radius 1 is 1.30 bits per heavy atom. The average Bonchev–Trinajstić information content (AvgIpc) is 3.04. The number of hydrogen-bond donors (Lipinski definition) is 1. The molecule has 1 atom stereocenters. The van der Waals surface area contributed by atoms with Crippen molar-refractivity contribution in [2.75, 3.05) is 19.8 Å². The summed E-state index contributed by atoms with van der Waals surface area (Å²) in [5.41, 5.74) is 0.504. The van der Waals surface area contributed by atoms with E-state index >= 15 is 0 Å². The van der Waals surface area contributed by atoms with Crippen LogP contribution in [0.4, 0.5) is 4.39 Å². The molecule has 2 aromatic rings. The van der Waals surface area contributed by atoms with Crippen molar-refractivity contribution in [1.29, 1.82) is 0 Å². The van der Waals surface area contributed by atoms with Crippen molar-refractivity contribution in [3.8, 4) is 5.69 Å². The Bertz CT molecular complexity index is 731. The molecule has 9 heteroatoms. The predicted molar refractivity (Wildman–Crippen MR) is 74.6 cm³/mol. The number of morpholine rings is 1. The summed E-state index contributed by atoms with van der Waals surface area (Å²) in [5.74, 6) is -2.06. The summed E-state index contributed by atoms with van der Waals surface area (Å²) in [7, 11) is 0. The van der Waals surface area contributed by atoms with E-state index in [0.29, 0.717) is 5.69 Å². The van der Waals surface area contributed by atoms with E-state index < -0.39 is 23.7 Å². The minimum Gasteiger partial charge on any atom is -0.480 e. The Hall–Kier alpha value is -2.81. The van der Waals surface area contributed by atoms with Gasteiger partial charge in [0.2, 0.25) is 0 Å². The lowest BCUT2D eigenvalue weighted by molar-refractivity contribution is -0.147. The fourth-order valence-corrected chi connectivity index (χ4v) is 2.26. The van der Waals surface area contributed by atoms with Crippen LogP contribution in [-0.2, 0) is 9.53 Å². The molecule has 1 N–H and O–H groups in total. The van der Waals surface area contributed by atoms with Crippen LogP contribution in [0.2, 0.25) is 0 Å². The lowest BCUT2D eigenvalue weighted by Crippen LogP contribution is -2.52. The van der Waals surface area contributed by atoms with Gasteiger partial charge in [0.1, 0.15) is 5.82 Å². The van der Waals surface area contributed by atoms with Gasteiger partial charge in [0.25, 0.3) is 5.91 Å². The number of hydrogen-bond acceptors (Lipinski definition) is 5. The van der Waals surface area contributed by atoms with E-state index in [0.717, 1.165) is 0 Å². The van der Waals surface area contributed by atoms with E-state index in [9.17, 15) is 14.0 Å². The zero-order valence-corrected chi connectivity index (χ0v) is 11.9. The Labute approximate surface area is 130 Å². The van der Waals surface area contributed by atoms with Gasteiger partial charge in [-0.25, -0.2) is 9.18 Å². The van der Waals surface area contributed by atoms with E-state index in [4.69, 9.17) is 9.84 Å². The number of amides is 1. The highest BCUT2D eigenvalue weighted by molar-refractivity contribution is 5.94. The lowest BCUT2D eigenvalue weighted by atomic mass is 10.2. The van der Waals surface area contributed by atoms with Gasteiger partial charge in [0.15, 0.2) is 11.7 Å². The van der Waals surface area contributed by atoms with Crippen LogP contribution in [0.25, 0.3) is 5.69 Å². The smallest absolute Gasteiger partial charge is 0.328 e. The molecule has 0 saturated carbocycles. The third-order valence-corrected chi connectivity index (χ3v) is 3.44. The van der Waals surface area contributed by atoms with Gasteiger partial charge in [-0.2, -0.15) is 9.90 Å². The maximum absolute atomic E-state index is 12.9. The second-order valence-electron chi connectivity index (χ2n) is 4.92. The molecule has 1 saturated heterocycles. The molecule has 0 radical (unpaired) electrons. The molecule has 1 aliphatic heterocycles. The summed E-state index contributed by atoms with van der Waals surface area (Å²) in [5, 5.41) is 17.2. The molecule has 23 heavy (non-hydrogen) atoms. The molecular formula is C14H13FN4O4. The third-order valence-electron chi connectivity index (χ3n) is 3.44. The number of aromatic nitrogens is 3. The molecule has 1 amide bonds. The molecular weight excluding hydrogens is 307 g/mol. The first-order valence-electron chi connectivity index (χ1n) is 6.86. The lowest BCUT2D eigenvalue weighted by Gasteiger charge is -2.32. The highest BCUT2D eigenvalue weighted by Gasteiger charge is 2.34. The van der Waals surface area contributed by atoms with Crippen LogP contribution in [0.5, 0.6) is 0 Å². The molecule has 0 unspecified atom stereocenters. The molecule has 2 heterocycles. The van der Waals surface area contributed by atoms with E-state index in [2.05, 4.69) is 10.2 Å². The minimum absolute atomic E-state index is 0.0162. The van der Waals surface area contributed by atoms with Crippen LogP contribution >= 0.6 is 0 Å². The summed E-state index contributed by atoms with van der Waals surface area (Å²) >= 11 is 0. The largest absolute Gasteiger partial charge is 0.480 e. The first-order valence-corrected chi connectivity index (χ1v) is 6.86. The molecule has 3 rings (SSSR count). The van der Waals surface area contributed by atoms with E-state index in [1.165, 1.54) is 40.2 Å². The Kier molecular flexibility index (Phi) is 4.02. The van der Waals surface area contributed by atoms with E-state index in [1.54, 1.807) is 0 Å². The highest BCUT2D eigenvalue weighted by Crippen LogP contribution is 2.13. The second-order valence-corrected chi connectivity index (χ2v) is 4.92. The van der Waals surface area contributed by atoms with Gasteiger partial charge in [0, 0.05) is 6.54 Å². The quantitative estimate of drug-likeness (QED) is 0.875. The zero-order chi connectivity index (χ0) is 16.4. The van der Waals surface area contributed by atoms with Gasteiger partial charge >= 0.3 is 5.97 Å². The molecule has 120 valence electrons. The first-order chi connectivity index (χ1) is 11.1. The maximum atomic E-state index is 12.9. The van der Waals surface area contributed by atoms with Crippen molar-refractivity contribution in [3.63, 3.8) is 0 Å². The van der Waals surface area contributed by atoms with Crippen molar-refractivity contribution in [3.05, 3.63) is 42.0 Å². The van der Waals surface area contributed by atoms with Gasteiger partial charge in [-0.3, -0.25) is 4.79 Å². The van der Waals surface area contributed by atoms with Crippen LogP contribution in [0, 0.1) is 5.82 Å². The van der Waals surface area contributed by atoms with Crippen molar-refractivity contribution < 1.29 is 23.8 Å². The Morgan fingerprint density at radius 3 is 2.74 bits per heavy atom. The number of carboxylic acids is 1. The number of halogens is 1. The number of nitrogens with zero attached hydrogens (tertiary/aromatic N) is 4. The number of aliphatic carboxylic acids is 1. The molecule has 1 aliphatic rings. The molecule has 1 aromatic heterocycles. The fourth-order valence-electron chi connectivity index (χ4n) is 2.26. The second kappa shape index (κ2) is 6.13. The topological polar surface area (TPSA) is 97.5 Å². The summed E-state index contributed by atoms with van der Waals surface area (Å²) in [6.45, 7) is 0.369. The molecule has 0 aliphatic carbocycles. The van der Waals surface area contributed by atoms with E-state index in [-0.39, 0.29) is 25.5 Å². The molecule has 8 nitrogen and oxygen atoms in total. The number of ether oxygens (including phenoxy) is 1. The monoisotopic (exact) mass is 320 g/mol. The number of carbonyl (C=O) groups excluding carboxylic acids is 1. The number of carboxylic acid groups (broad SMARTS) is 1. The van der Waals surface area contributed by atoms with Crippen LogP contribution in [0.3, 0.4) is 0 Å². The van der Waals surface area contributed by atoms with Crippen LogP contribution in [0.1, 0.15) is 10.5 Å². The minimum atomic E-state index is -1.14. The first kappa shape index (κ1) is 15.1. The van der Waals surface area contributed by atoms with Gasteiger partial charge in [-0.1, -0.05) is 0 Å². The summed E-state index contributed by atoms with van der Waals surface area (Å²) < 4.78 is 18.0. The predicted octanol–water partition coefficient (Wildman–Crippen LogP) is 0.332. The van der Waals surface area contributed by atoms with Gasteiger partial charge in [0.05, 0.1) is 25.1 Å². The average molecular weight is 320 g/mol. The van der Waals surface area contributed by atoms with Crippen LogP contribution < -0.4 is 0 Å². The van der Waals surface area contributed by atoms with Crippen molar-refractivity contribution in [2.45, 2.75) is 6.04 Å². The van der Waals surface area contributed by atoms with Crippen molar-refractivity contribution in [2.24, 2.45) is 0 Å². The standard InChI is InChI=1S/C14H13FN4O4/c15-9-1-3-10(4-2-9)19-16-7-11(17-19)13(20)18-5-6-23-8-12(18)14(21)22/h1-4,7,12H,5-6,8H2,(H,21,22)/t12-/m0/s1. The number of benzene rings is 1. The van der Waals surface area contributed by atoms with Crippen LogP contribution in [0.15, 0.2) is 30.5 Å². The third kappa shape index (κ3) is 3.04. The SMILES string of the molecule is O=C(O)[C@@H]1COCCN1C(=O)c1cnn(-c2ccc(F)cc2)n1. The normalized spacial score (nSPS) is 18.0. The summed E-state index contributed by atoms with van der Waals surface area (Å²) in [6.07, 6.45) is 1.25. The molecule has 1 aromatic carbocycles. The van der Waals surface area contributed by atoms with Gasteiger partial charge in [-0.15, -0.1) is 5.10 Å². The van der Waals surface area contributed by atoms with Crippen LogP contribution in [-0.4, -0.2) is 62.7 Å². The summed E-state index contributed by atoms with van der Waals surface area (Å²) in [4.78, 5) is 26.0. The Morgan fingerprint density at radius 2 is 2.04 bits per heavy atom. The van der Waals surface area contributed by atoms with Crippen molar-refractivity contribution >= 4 is 11.9 Å². The Balaban J connectivity index is 1.83. The fraction of sp³-hybridized carbons (Fsp3) is 0.286. The maximum Gasteiger partial charge on any atom is 0.328 e. The molecule has 0 spiro atoms.